The summed E-state index contributed by atoms with van der Waals surface area (Å²) in [5.41, 5.74) is 8.31. The SMILES string of the molecule is CON=C(C(=O)N[C@@H]1C(=O)N[C@@H]1N=[N+]=[N-])c1csc(NC(=O)CCl)n1. The Labute approximate surface area is 149 Å². The summed E-state index contributed by atoms with van der Waals surface area (Å²) >= 11 is 6.44. The van der Waals surface area contributed by atoms with Crippen LogP contribution in [0.2, 0.25) is 0 Å². The quantitative estimate of drug-likeness (QED) is 0.113. The number of rotatable bonds is 7. The fourth-order valence-electron chi connectivity index (χ4n) is 1.76. The summed E-state index contributed by atoms with van der Waals surface area (Å²) < 4.78 is 0. The molecule has 2 heterocycles. The molecule has 1 fully saturated rings. The fourth-order valence-corrected chi connectivity index (χ4v) is 2.54. The number of azide groups is 1. The minimum Gasteiger partial charge on any atom is -0.398 e. The number of thiazole rings is 1. The van der Waals surface area contributed by atoms with Crippen LogP contribution in [-0.2, 0) is 19.2 Å². The minimum absolute atomic E-state index is 0.120. The normalized spacial score (nSPS) is 19.1. The largest absolute Gasteiger partial charge is 0.398 e. The molecule has 3 amide bonds. The molecule has 2 atom stereocenters. The zero-order valence-electron chi connectivity index (χ0n) is 12.6. The molecule has 2 rings (SSSR count). The van der Waals surface area contributed by atoms with Crippen LogP contribution in [0.1, 0.15) is 5.69 Å². The van der Waals surface area contributed by atoms with Crippen molar-refractivity contribution in [1.29, 1.82) is 0 Å². The van der Waals surface area contributed by atoms with Crippen molar-refractivity contribution in [3.8, 4) is 0 Å². The molecule has 0 aromatic carbocycles. The molecule has 1 saturated heterocycles. The van der Waals surface area contributed by atoms with Crippen molar-refractivity contribution in [2.45, 2.75) is 12.2 Å². The number of β-lactam (4-membered cyclic amide) rings is 1. The van der Waals surface area contributed by atoms with E-state index in [-0.39, 0.29) is 22.4 Å². The average molecular weight is 387 g/mol. The fraction of sp³-hybridized carbons (Fsp3) is 0.364. The summed E-state index contributed by atoms with van der Waals surface area (Å²) in [4.78, 5) is 46.3. The number of oxime groups is 1. The molecule has 0 bridgehead atoms. The summed E-state index contributed by atoms with van der Waals surface area (Å²) in [7, 11) is 1.23. The van der Waals surface area contributed by atoms with E-state index >= 15 is 0 Å². The summed E-state index contributed by atoms with van der Waals surface area (Å²) in [6.07, 6.45) is -0.890. The number of amides is 3. The molecule has 3 N–H and O–H groups in total. The number of hydrogen-bond acceptors (Lipinski definition) is 8. The van der Waals surface area contributed by atoms with Gasteiger partial charge in [0.1, 0.15) is 30.9 Å². The van der Waals surface area contributed by atoms with E-state index in [1.807, 2.05) is 0 Å². The molecule has 1 aromatic heterocycles. The first-order chi connectivity index (χ1) is 12.0. The van der Waals surface area contributed by atoms with Crippen LogP contribution >= 0.6 is 22.9 Å². The summed E-state index contributed by atoms with van der Waals surface area (Å²) in [5, 5.41) is 15.7. The highest BCUT2D eigenvalue weighted by molar-refractivity contribution is 7.14. The number of anilines is 1. The zero-order valence-corrected chi connectivity index (χ0v) is 14.2. The number of hydrogen-bond donors (Lipinski definition) is 3. The van der Waals surface area contributed by atoms with Gasteiger partial charge in [0.2, 0.25) is 11.8 Å². The average Bonchev–Trinajstić information content (AvgIpc) is 3.05. The second kappa shape index (κ2) is 8.28. The summed E-state index contributed by atoms with van der Waals surface area (Å²) in [6.45, 7) is 0. The van der Waals surface area contributed by atoms with Crippen LogP contribution in [0.25, 0.3) is 10.4 Å². The van der Waals surface area contributed by atoms with Gasteiger partial charge in [-0.1, -0.05) is 10.3 Å². The van der Waals surface area contributed by atoms with Gasteiger partial charge in [0.15, 0.2) is 10.8 Å². The lowest BCUT2D eigenvalue weighted by atomic mass is 10.1. The molecule has 25 heavy (non-hydrogen) atoms. The van der Waals surface area contributed by atoms with E-state index in [0.717, 1.165) is 11.3 Å². The van der Waals surface area contributed by atoms with Crippen molar-refractivity contribution in [3.05, 3.63) is 21.5 Å². The predicted molar refractivity (Wildman–Crippen MR) is 88.0 cm³/mol. The van der Waals surface area contributed by atoms with E-state index in [9.17, 15) is 14.4 Å². The molecule has 1 aliphatic rings. The zero-order chi connectivity index (χ0) is 18.4. The molecule has 0 spiro atoms. The van der Waals surface area contributed by atoms with Crippen LogP contribution in [0.5, 0.6) is 0 Å². The number of nitrogens with zero attached hydrogens (tertiary/aromatic N) is 5. The van der Waals surface area contributed by atoms with Gasteiger partial charge in [-0.3, -0.25) is 14.4 Å². The van der Waals surface area contributed by atoms with Gasteiger partial charge in [-0.25, -0.2) is 4.98 Å². The monoisotopic (exact) mass is 386 g/mol. The van der Waals surface area contributed by atoms with Gasteiger partial charge >= 0.3 is 0 Å². The van der Waals surface area contributed by atoms with Gasteiger partial charge in [0.25, 0.3) is 5.91 Å². The third-order valence-corrected chi connectivity index (χ3v) is 3.86. The smallest absolute Gasteiger partial charge is 0.276 e. The molecule has 1 aromatic rings. The standard InChI is InChI=1S/C11H11ClN8O4S/c1-24-19-6(4-3-25-11(14-4)15-5(21)2-12)9(22)16-7-8(18-20-13)17-10(7)23/h3,7-8H,2H2,1H3,(H,16,22)(H,17,23)(H,14,15,21)/t7-,8+/m0/s1. The second-order valence-corrected chi connectivity index (χ2v) is 5.58. The van der Waals surface area contributed by atoms with E-state index in [1.165, 1.54) is 12.5 Å². The molecular weight excluding hydrogens is 376 g/mol. The summed E-state index contributed by atoms with van der Waals surface area (Å²) in [5.74, 6) is -1.97. The van der Waals surface area contributed by atoms with Crippen LogP contribution in [-0.4, -0.2) is 53.6 Å². The molecule has 12 nitrogen and oxygen atoms in total. The highest BCUT2D eigenvalue weighted by Crippen LogP contribution is 2.17. The number of halogens is 1. The molecule has 0 aliphatic carbocycles. The molecule has 0 radical (unpaired) electrons. The Morgan fingerprint density at radius 1 is 1.60 bits per heavy atom. The van der Waals surface area contributed by atoms with E-state index in [0.29, 0.717) is 0 Å². The van der Waals surface area contributed by atoms with E-state index in [2.05, 4.69) is 41.0 Å². The number of carbonyl (C=O) groups excluding carboxylic acids is 3. The molecule has 0 saturated carbocycles. The molecular formula is C11H11ClN8O4S. The van der Waals surface area contributed by atoms with Gasteiger partial charge in [-0.05, 0) is 5.53 Å². The van der Waals surface area contributed by atoms with Crippen LogP contribution in [0.3, 0.4) is 0 Å². The van der Waals surface area contributed by atoms with E-state index < -0.39 is 29.9 Å². The first-order valence-corrected chi connectivity index (χ1v) is 8.00. The maximum Gasteiger partial charge on any atom is 0.276 e. The Morgan fingerprint density at radius 3 is 2.96 bits per heavy atom. The Bertz CT molecular complexity index is 774. The topological polar surface area (TPSA) is 171 Å². The number of nitrogens with one attached hydrogen (secondary N) is 3. The van der Waals surface area contributed by atoms with Crippen LogP contribution in [0, 0.1) is 0 Å². The molecule has 1 aliphatic heterocycles. The lowest BCUT2D eigenvalue weighted by Gasteiger charge is -2.33. The number of carbonyl (C=O) groups is 3. The Kier molecular flexibility index (Phi) is 6.11. The van der Waals surface area contributed by atoms with Crippen molar-refractivity contribution < 1.29 is 19.2 Å². The Hall–Kier alpha value is -2.89. The molecule has 132 valence electrons. The van der Waals surface area contributed by atoms with E-state index in [4.69, 9.17) is 17.1 Å². The van der Waals surface area contributed by atoms with Crippen molar-refractivity contribution in [3.63, 3.8) is 0 Å². The Balaban J connectivity index is 2.14. The summed E-state index contributed by atoms with van der Waals surface area (Å²) in [6, 6.07) is -1.03. The number of aromatic nitrogens is 1. The lowest BCUT2D eigenvalue weighted by molar-refractivity contribution is -0.134. The van der Waals surface area contributed by atoms with Gasteiger partial charge in [0.05, 0.1) is 0 Å². The maximum atomic E-state index is 12.3. The van der Waals surface area contributed by atoms with Gasteiger partial charge in [0, 0.05) is 10.3 Å². The molecule has 14 heteroatoms. The first kappa shape index (κ1) is 18.4. The van der Waals surface area contributed by atoms with Crippen LogP contribution in [0.4, 0.5) is 5.13 Å². The second-order valence-electron chi connectivity index (χ2n) is 4.45. The van der Waals surface area contributed by atoms with Crippen molar-refractivity contribution in [2.75, 3.05) is 18.3 Å². The maximum absolute atomic E-state index is 12.3. The van der Waals surface area contributed by atoms with Crippen molar-refractivity contribution >= 4 is 51.5 Å². The lowest BCUT2D eigenvalue weighted by Crippen LogP contribution is -2.68. The third-order valence-electron chi connectivity index (χ3n) is 2.86. The van der Waals surface area contributed by atoms with E-state index in [1.54, 1.807) is 0 Å². The molecule has 0 unspecified atom stereocenters. The highest BCUT2D eigenvalue weighted by Gasteiger charge is 2.40. The first-order valence-electron chi connectivity index (χ1n) is 6.58. The van der Waals surface area contributed by atoms with Gasteiger partial charge in [-0.2, -0.15) is 0 Å². The van der Waals surface area contributed by atoms with Crippen molar-refractivity contribution in [1.82, 2.24) is 15.6 Å². The predicted octanol–water partition coefficient (Wildman–Crippen LogP) is -0.0781. The minimum atomic E-state index is -1.03. The number of alkyl halides is 1. The van der Waals surface area contributed by atoms with Crippen LogP contribution < -0.4 is 16.0 Å². The van der Waals surface area contributed by atoms with Crippen molar-refractivity contribution in [2.24, 2.45) is 10.3 Å². The van der Waals surface area contributed by atoms with Gasteiger partial charge < -0.3 is 20.8 Å². The van der Waals surface area contributed by atoms with Crippen LogP contribution in [0.15, 0.2) is 15.7 Å². The third kappa shape index (κ3) is 4.35. The van der Waals surface area contributed by atoms with Gasteiger partial charge in [-0.15, -0.1) is 22.9 Å². The Morgan fingerprint density at radius 2 is 2.36 bits per heavy atom. The highest BCUT2D eigenvalue weighted by atomic mass is 35.5.